The second-order valence-corrected chi connectivity index (χ2v) is 7.09. The van der Waals surface area contributed by atoms with Crippen molar-refractivity contribution in [3.63, 3.8) is 0 Å². The van der Waals surface area contributed by atoms with Crippen LogP contribution in [0.5, 0.6) is 0 Å². The number of sulfonamides is 1. The van der Waals surface area contributed by atoms with Gasteiger partial charge in [-0.05, 0) is 33.6 Å². The van der Waals surface area contributed by atoms with E-state index in [1.165, 1.54) is 0 Å². The third kappa shape index (κ3) is 2.21. The summed E-state index contributed by atoms with van der Waals surface area (Å²) in [4.78, 5) is 0. The van der Waals surface area contributed by atoms with E-state index in [-0.39, 0.29) is 6.61 Å². The summed E-state index contributed by atoms with van der Waals surface area (Å²) in [7, 11) is -3.32. The molecule has 13 heavy (non-hydrogen) atoms. The van der Waals surface area contributed by atoms with Crippen LogP contribution in [0, 0.1) is 0 Å². The topological polar surface area (TPSA) is 66.4 Å². The molecule has 0 heterocycles. The van der Waals surface area contributed by atoms with Gasteiger partial charge in [0.25, 0.3) is 0 Å². The van der Waals surface area contributed by atoms with Crippen LogP contribution in [-0.2, 0) is 10.0 Å². The number of aliphatic hydroxyl groups is 1. The maximum Gasteiger partial charge on any atom is 0.217 e. The van der Waals surface area contributed by atoms with Crippen molar-refractivity contribution in [2.45, 2.75) is 43.9 Å². The highest BCUT2D eigenvalue weighted by molar-refractivity contribution is 7.90. The minimum atomic E-state index is -3.32. The fourth-order valence-electron chi connectivity index (χ4n) is 0.881. The molecule has 0 aromatic heterocycles. The van der Waals surface area contributed by atoms with Crippen LogP contribution in [-0.4, -0.2) is 30.4 Å². The van der Waals surface area contributed by atoms with Crippen molar-refractivity contribution in [3.05, 3.63) is 0 Å². The van der Waals surface area contributed by atoms with Gasteiger partial charge in [0.05, 0.1) is 16.9 Å². The smallest absolute Gasteiger partial charge is 0.217 e. The molecular weight excluding hydrogens is 190 g/mol. The Hall–Kier alpha value is -0.130. The third-order valence-corrected chi connectivity index (χ3v) is 4.63. The van der Waals surface area contributed by atoms with Crippen molar-refractivity contribution in [3.8, 4) is 0 Å². The lowest BCUT2D eigenvalue weighted by Gasteiger charge is -2.23. The van der Waals surface area contributed by atoms with E-state index in [4.69, 9.17) is 5.11 Å². The van der Waals surface area contributed by atoms with Gasteiger partial charge in [0.15, 0.2) is 0 Å². The van der Waals surface area contributed by atoms with Gasteiger partial charge in [-0.3, -0.25) is 0 Å². The number of hydrogen-bond acceptors (Lipinski definition) is 3. The van der Waals surface area contributed by atoms with Crippen LogP contribution in [0.1, 0.15) is 33.6 Å². The van der Waals surface area contributed by atoms with Crippen molar-refractivity contribution in [1.82, 2.24) is 4.72 Å². The largest absolute Gasteiger partial charge is 0.394 e. The van der Waals surface area contributed by atoms with Crippen molar-refractivity contribution in [1.29, 1.82) is 0 Å². The molecule has 1 saturated carbocycles. The summed E-state index contributed by atoms with van der Waals surface area (Å²) in [6.45, 7) is 4.82. The molecule has 5 heteroatoms. The average molecular weight is 207 g/mol. The standard InChI is InChI=1S/C8H17NO3S/c1-7(2,3)13(11,12)9-8(6-10)4-5-8/h9-10H,4-6H2,1-3H3. The third-order valence-electron chi connectivity index (χ3n) is 2.31. The second-order valence-electron chi connectivity index (χ2n) is 4.66. The van der Waals surface area contributed by atoms with Crippen molar-refractivity contribution in [2.24, 2.45) is 0 Å². The Labute approximate surface area is 79.4 Å². The lowest BCUT2D eigenvalue weighted by atomic mass is 10.3. The monoisotopic (exact) mass is 207 g/mol. The first kappa shape index (κ1) is 10.9. The van der Waals surface area contributed by atoms with Crippen LogP contribution in [0.2, 0.25) is 0 Å². The number of rotatable bonds is 3. The predicted molar refractivity (Wildman–Crippen MR) is 50.9 cm³/mol. The summed E-state index contributed by atoms with van der Waals surface area (Å²) in [5.41, 5.74) is -0.549. The van der Waals surface area contributed by atoms with Gasteiger partial charge in [-0.15, -0.1) is 0 Å². The van der Waals surface area contributed by atoms with Gasteiger partial charge in [0.1, 0.15) is 0 Å². The fraction of sp³-hybridized carbons (Fsp3) is 1.00. The highest BCUT2D eigenvalue weighted by Crippen LogP contribution is 2.36. The summed E-state index contributed by atoms with van der Waals surface area (Å²) in [6, 6.07) is 0. The zero-order chi connectivity index (χ0) is 10.3. The van der Waals surface area contributed by atoms with Crippen LogP contribution in [0.15, 0.2) is 0 Å². The molecule has 0 atom stereocenters. The van der Waals surface area contributed by atoms with E-state index in [1.807, 2.05) is 0 Å². The summed E-state index contributed by atoms with van der Waals surface area (Å²) in [5, 5.41) is 8.96. The van der Waals surface area contributed by atoms with Crippen LogP contribution < -0.4 is 4.72 Å². The Kier molecular flexibility index (Phi) is 2.47. The molecule has 4 nitrogen and oxygen atoms in total. The molecule has 0 saturated heterocycles. The summed E-state index contributed by atoms with van der Waals surface area (Å²) < 4.78 is 25.0. The molecule has 0 radical (unpaired) electrons. The van der Waals surface area contributed by atoms with Gasteiger partial charge in [0.2, 0.25) is 10.0 Å². The molecule has 0 amide bonds. The molecule has 0 unspecified atom stereocenters. The minimum Gasteiger partial charge on any atom is -0.394 e. The predicted octanol–water partition coefficient (Wildman–Crippen LogP) is 0.229. The molecule has 1 aliphatic carbocycles. The van der Waals surface area contributed by atoms with E-state index in [0.29, 0.717) is 0 Å². The van der Waals surface area contributed by atoms with Crippen molar-refractivity contribution < 1.29 is 13.5 Å². The molecule has 2 N–H and O–H groups in total. The van der Waals surface area contributed by atoms with E-state index < -0.39 is 20.3 Å². The Balaban J connectivity index is 2.74. The molecular formula is C8H17NO3S. The molecule has 78 valence electrons. The van der Waals surface area contributed by atoms with E-state index in [1.54, 1.807) is 20.8 Å². The second kappa shape index (κ2) is 2.93. The quantitative estimate of drug-likeness (QED) is 0.696. The molecule has 0 aromatic rings. The SMILES string of the molecule is CC(C)(C)S(=O)(=O)NC1(CO)CC1. The summed E-state index contributed by atoms with van der Waals surface area (Å²) in [5.74, 6) is 0. The van der Waals surface area contributed by atoms with Crippen molar-refractivity contribution in [2.75, 3.05) is 6.61 Å². The molecule has 1 fully saturated rings. The van der Waals surface area contributed by atoms with Crippen molar-refractivity contribution >= 4 is 10.0 Å². The Morgan fingerprint density at radius 1 is 1.38 bits per heavy atom. The summed E-state index contributed by atoms with van der Waals surface area (Å²) >= 11 is 0. The van der Waals surface area contributed by atoms with E-state index in [2.05, 4.69) is 4.72 Å². The first-order valence-corrected chi connectivity index (χ1v) is 5.85. The Bertz CT molecular complexity index is 285. The molecule has 0 aliphatic heterocycles. The normalized spacial score (nSPS) is 21.5. The van der Waals surface area contributed by atoms with E-state index >= 15 is 0 Å². The zero-order valence-corrected chi connectivity index (χ0v) is 9.11. The number of hydrogen-bond donors (Lipinski definition) is 2. The van der Waals surface area contributed by atoms with E-state index in [0.717, 1.165) is 12.8 Å². The molecule has 0 aromatic carbocycles. The van der Waals surface area contributed by atoms with Gasteiger partial charge in [-0.25, -0.2) is 13.1 Å². The highest BCUT2D eigenvalue weighted by atomic mass is 32.2. The van der Waals surface area contributed by atoms with Crippen LogP contribution in [0.3, 0.4) is 0 Å². The summed E-state index contributed by atoms with van der Waals surface area (Å²) in [6.07, 6.45) is 1.47. The van der Waals surface area contributed by atoms with Gasteiger partial charge >= 0.3 is 0 Å². The first-order chi connectivity index (χ1) is 5.72. The molecule has 1 rings (SSSR count). The van der Waals surface area contributed by atoms with Gasteiger partial charge in [-0.1, -0.05) is 0 Å². The number of aliphatic hydroxyl groups excluding tert-OH is 1. The Morgan fingerprint density at radius 2 is 1.85 bits per heavy atom. The fourth-order valence-corrected chi connectivity index (χ4v) is 2.03. The van der Waals surface area contributed by atoms with Gasteiger partial charge < -0.3 is 5.11 Å². The molecule has 0 spiro atoms. The maximum atomic E-state index is 11.6. The Morgan fingerprint density at radius 3 is 2.08 bits per heavy atom. The average Bonchev–Trinajstić information content (AvgIpc) is 2.66. The van der Waals surface area contributed by atoms with Crippen LogP contribution in [0.4, 0.5) is 0 Å². The molecule has 1 aliphatic rings. The van der Waals surface area contributed by atoms with E-state index in [9.17, 15) is 8.42 Å². The van der Waals surface area contributed by atoms with Crippen LogP contribution >= 0.6 is 0 Å². The lowest BCUT2D eigenvalue weighted by Crippen LogP contribution is -2.47. The lowest BCUT2D eigenvalue weighted by molar-refractivity contribution is 0.246. The van der Waals surface area contributed by atoms with Gasteiger partial charge in [0, 0.05) is 0 Å². The maximum absolute atomic E-state index is 11.6. The van der Waals surface area contributed by atoms with Crippen LogP contribution in [0.25, 0.3) is 0 Å². The number of nitrogens with one attached hydrogen (secondary N) is 1. The first-order valence-electron chi connectivity index (χ1n) is 4.37. The molecule has 0 bridgehead atoms. The van der Waals surface area contributed by atoms with Gasteiger partial charge in [-0.2, -0.15) is 0 Å². The highest BCUT2D eigenvalue weighted by Gasteiger charge is 2.47. The zero-order valence-electron chi connectivity index (χ0n) is 8.29. The minimum absolute atomic E-state index is 0.109.